The lowest BCUT2D eigenvalue weighted by Crippen LogP contribution is -2.33. The van der Waals surface area contributed by atoms with Crippen LogP contribution < -0.4 is 4.72 Å². The molecule has 2 aliphatic rings. The number of nitrogens with one attached hydrogen (secondary N) is 1. The molecule has 1 heterocycles. The van der Waals surface area contributed by atoms with Gasteiger partial charge in [0.2, 0.25) is 0 Å². The molecule has 1 N–H and O–H groups in total. The number of benzene rings is 2. The van der Waals surface area contributed by atoms with Crippen LogP contribution in [0.25, 0.3) is 11.1 Å². The van der Waals surface area contributed by atoms with Gasteiger partial charge in [-0.3, -0.25) is 9.71 Å². The van der Waals surface area contributed by atoms with Crippen LogP contribution in [0.15, 0.2) is 56.9 Å². The molecular weight excluding hydrogens is 588 g/mol. The van der Waals surface area contributed by atoms with Gasteiger partial charge in [0, 0.05) is 43.7 Å². The van der Waals surface area contributed by atoms with Gasteiger partial charge in [-0.2, -0.15) is 0 Å². The summed E-state index contributed by atoms with van der Waals surface area (Å²) < 4.78 is 41.6. The van der Waals surface area contributed by atoms with Crippen LogP contribution in [0.2, 0.25) is 0 Å². The zero-order valence-electron chi connectivity index (χ0n) is 27.0. The second kappa shape index (κ2) is 14.3. The highest BCUT2D eigenvalue weighted by atomic mass is 32.2. The first-order chi connectivity index (χ1) is 21.7. The quantitative estimate of drug-likeness (QED) is 0.105. The van der Waals surface area contributed by atoms with E-state index in [1.807, 2.05) is 45.2 Å². The molecule has 242 valence electrons. The Kier molecular flexibility index (Phi) is 10.4. The molecule has 10 heteroatoms. The third-order valence-corrected chi connectivity index (χ3v) is 10.3. The van der Waals surface area contributed by atoms with Gasteiger partial charge >= 0.3 is 0 Å². The first-order valence-corrected chi connectivity index (χ1v) is 17.7. The summed E-state index contributed by atoms with van der Waals surface area (Å²) >= 11 is 0. The SMILES string of the molecule is CCCCC(=NC1(C=O)CCCC1)N(C)Cc1ccc(-c2ccccc2S(=O)(=O)Nc2noc(C3CC3)c2C)c(COCC)c1. The molecule has 45 heavy (non-hydrogen) atoms. The number of carbonyl (C=O) groups excluding carboxylic acids is 1. The number of amidine groups is 1. The fourth-order valence-corrected chi connectivity index (χ4v) is 7.43. The molecule has 0 aliphatic heterocycles. The number of aldehydes is 1. The van der Waals surface area contributed by atoms with Crippen molar-refractivity contribution in [2.24, 2.45) is 4.99 Å². The lowest BCUT2D eigenvalue weighted by Gasteiger charge is -2.26. The van der Waals surface area contributed by atoms with Crippen LogP contribution in [0.1, 0.15) is 100 Å². The van der Waals surface area contributed by atoms with E-state index < -0.39 is 15.6 Å². The van der Waals surface area contributed by atoms with Crippen LogP contribution in [0, 0.1) is 6.92 Å². The van der Waals surface area contributed by atoms with Crippen LogP contribution in [0.5, 0.6) is 0 Å². The maximum absolute atomic E-state index is 13.8. The summed E-state index contributed by atoms with van der Waals surface area (Å²) in [6.07, 6.45) is 9.65. The highest BCUT2D eigenvalue weighted by Gasteiger charge is 2.34. The number of ether oxygens (including phenoxy) is 1. The van der Waals surface area contributed by atoms with Crippen LogP contribution in [0.3, 0.4) is 0 Å². The van der Waals surface area contributed by atoms with Gasteiger partial charge in [0.1, 0.15) is 23.4 Å². The van der Waals surface area contributed by atoms with Gasteiger partial charge in [-0.15, -0.1) is 0 Å². The van der Waals surface area contributed by atoms with Gasteiger partial charge in [0.05, 0.1) is 11.5 Å². The Morgan fingerprint density at radius 3 is 2.60 bits per heavy atom. The summed E-state index contributed by atoms with van der Waals surface area (Å²) in [4.78, 5) is 19.5. The predicted octanol–water partition coefficient (Wildman–Crippen LogP) is 7.40. The van der Waals surface area contributed by atoms with E-state index in [1.165, 1.54) is 0 Å². The maximum atomic E-state index is 13.8. The van der Waals surface area contributed by atoms with Gasteiger partial charge in [-0.05, 0) is 68.7 Å². The number of aliphatic imine (C=N–C) groups is 1. The summed E-state index contributed by atoms with van der Waals surface area (Å²) in [6, 6.07) is 13.1. The Labute approximate surface area is 267 Å². The standard InChI is InChI=1S/C35H46N4O5S/c1-5-7-14-32(36-35(24-40)19-10-11-20-35)39(4)22-26-15-18-29(28(21-26)23-43-6-2)30-12-8-9-13-31(30)45(41,42)38-34-25(3)33(44-37-34)27-16-17-27/h8-9,12-13,15,18,21,24,27H,5-7,10-11,14,16-17,19-20,22-23H2,1-4H3,(H,37,38). The molecule has 2 aromatic carbocycles. The molecule has 0 radical (unpaired) electrons. The largest absolute Gasteiger partial charge is 0.377 e. The van der Waals surface area contributed by atoms with Crippen molar-refractivity contribution in [2.45, 2.75) is 108 Å². The molecule has 9 nitrogen and oxygen atoms in total. The minimum absolute atomic E-state index is 0.160. The molecule has 3 aromatic rings. The Balaban J connectivity index is 1.44. The third kappa shape index (κ3) is 7.66. The normalized spacial score (nSPS) is 16.6. The van der Waals surface area contributed by atoms with Crippen molar-refractivity contribution in [2.75, 3.05) is 18.4 Å². The monoisotopic (exact) mass is 634 g/mol. The Bertz CT molecular complexity index is 1620. The summed E-state index contributed by atoms with van der Waals surface area (Å²) in [6.45, 7) is 7.41. The van der Waals surface area contributed by atoms with Crippen LogP contribution >= 0.6 is 0 Å². The minimum Gasteiger partial charge on any atom is -0.377 e. The molecule has 0 amide bonds. The van der Waals surface area contributed by atoms with E-state index in [-0.39, 0.29) is 10.7 Å². The number of hydrogen-bond donors (Lipinski definition) is 1. The van der Waals surface area contributed by atoms with Crippen LogP contribution in [-0.4, -0.2) is 49.8 Å². The molecule has 0 atom stereocenters. The smallest absolute Gasteiger partial charge is 0.263 e. The second-order valence-corrected chi connectivity index (χ2v) is 14.1. The van der Waals surface area contributed by atoms with Crippen LogP contribution in [-0.2, 0) is 32.7 Å². The minimum atomic E-state index is -3.98. The maximum Gasteiger partial charge on any atom is 0.263 e. The number of unbranched alkanes of at least 4 members (excludes halogenated alkanes) is 1. The number of hydrogen-bond acceptors (Lipinski definition) is 7. The van der Waals surface area contributed by atoms with Crippen LogP contribution in [0.4, 0.5) is 5.82 Å². The first kappa shape index (κ1) is 32.9. The summed E-state index contributed by atoms with van der Waals surface area (Å²) in [5, 5.41) is 4.04. The molecule has 0 spiro atoms. The van der Waals surface area contributed by atoms with Crippen molar-refractivity contribution < 1.29 is 22.5 Å². The molecule has 0 saturated heterocycles. The molecule has 0 bridgehead atoms. The second-order valence-electron chi connectivity index (χ2n) is 12.4. The number of aromatic nitrogens is 1. The molecule has 2 aliphatic carbocycles. The van der Waals surface area contributed by atoms with Gasteiger partial charge in [0.15, 0.2) is 5.82 Å². The Morgan fingerprint density at radius 2 is 1.91 bits per heavy atom. The first-order valence-electron chi connectivity index (χ1n) is 16.2. The molecular formula is C35H46N4O5S. The fraction of sp³-hybridized carbons (Fsp3) is 0.514. The average Bonchev–Trinajstić information content (AvgIpc) is 3.67. The highest BCUT2D eigenvalue weighted by molar-refractivity contribution is 7.92. The highest BCUT2D eigenvalue weighted by Crippen LogP contribution is 2.43. The number of nitrogens with zero attached hydrogens (tertiary/aromatic N) is 3. The van der Waals surface area contributed by atoms with E-state index in [0.29, 0.717) is 31.2 Å². The molecule has 0 unspecified atom stereocenters. The van der Waals surface area contributed by atoms with Crippen molar-refractivity contribution in [3.05, 3.63) is 64.9 Å². The fourth-order valence-electron chi connectivity index (χ4n) is 6.15. The van der Waals surface area contributed by atoms with Gasteiger partial charge in [-0.1, -0.05) is 67.7 Å². The molecule has 2 fully saturated rings. The van der Waals surface area contributed by atoms with E-state index in [2.05, 4.69) is 27.8 Å². The van der Waals surface area contributed by atoms with Crippen molar-refractivity contribution in [1.82, 2.24) is 10.1 Å². The molecule has 2 saturated carbocycles. The van der Waals surface area contributed by atoms with Crippen molar-refractivity contribution >= 4 is 28.0 Å². The number of sulfonamides is 1. The summed E-state index contributed by atoms with van der Waals surface area (Å²) in [5.41, 5.74) is 3.45. The molecule has 5 rings (SSSR count). The van der Waals surface area contributed by atoms with Crippen molar-refractivity contribution in [3.63, 3.8) is 0 Å². The van der Waals surface area contributed by atoms with Crippen molar-refractivity contribution in [1.29, 1.82) is 0 Å². The Morgan fingerprint density at radius 1 is 1.16 bits per heavy atom. The molecule has 1 aromatic heterocycles. The lowest BCUT2D eigenvalue weighted by atomic mass is 9.97. The van der Waals surface area contributed by atoms with Gasteiger partial charge in [-0.25, -0.2) is 8.42 Å². The van der Waals surface area contributed by atoms with E-state index in [0.717, 1.165) is 97.9 Å². The zero-order chi connectivity index (χ0) is 32.0. The summed E-state index contributed by atoms with van der Waals surface area (Å²) in [5.74, 6) is 2.27. The lowest BCUT2D eigenvalue weighted by molar-refractivity contribution is -0.112. The average molecular weight is 635 g/mol. The van der Waals surface area contributed by atoms with Crippen molar-refractivity contribution in [3.8, 4) is 11.1 Å². The van der Waals surface area contributed by atoms with E-state index in [4.69, 9.17) is 14.3 Å². The topological polar surface area (TPSA) is 114 Å². The van der Waals surface area contributed by atoms with Gasteiger partial charge in [0.25, 0.3) is 10.0 Å². The third-order valence-electron chi connectivity index (χ3n) is 8.89. The zero-order valence-corrected chi connectivity index (χ0v) is 27.8. The number of anilines is 1. The van der Waals surface area contributed by atoms with Gasteiger partial charge < -0.3 is 19.0 Å². The predicted molar refractivity (Wildman–Crippen MR) is 177 cm³/mol. The van der Waals surface area contributed by atoms with E-state index in [1.54, 1.807) is 12.1 Å². The number of carbonyl (C=O) groups is 1. The van der Waals surface area contributed by atoms with E-state index >= 15 is 0 Å². The van der Waals surface area contributed by atoms with E-state index in [9.17, 15) is 13.2 Å². The Hall–Kier alpha value is -3.50. The summed E-state index contributed by atoms with van der Waals surface area (Å²) in [7, 11) is -1.94. The number of rotatable bonds is 15.